The number of rotatable bonds is 12. The molecule has 1 amide bonds. The van der Waals surface area contributed by atoms with Gasteiger partial charge in [-0.2, -0.15) is 0 Å². The van der Waals surface area contributed by atoms with Crippen LogP contribution in [0.15, 0.2) is 36.4 Å². The number of sulfonamides is 1. The number of nitrogens with zero attached hydrogens (tertiary/aromatic N) is 1. The molecule has 0 radical (unpaired) electrons. The Balaban J connectivity index is 2.08. The molecule has 188 valence electrons. The van der Waals surface area contributed by atoms with Crippen LogP contribution < -0.4 is 19.1 Å². The third kappa shape index (κ3) is 7.13. The smallest absolute Gasteiger partial charge is 0.232 e. The van der Waals surface area contributed by atoms with Crippen molar-refractivity contribution in [1.82, 2.24) is 5.32 Å². The monoisotopic (exact) mass is 490 g/mol. The van der Waals surface area contributed by atoms with Crippen molar-refractivity contribution in [2.24, 2.45) is 0 Å². The SMILES string of the molecule is CCOc1ccccc1N(CCCC(=O)N[C@H](C)c1cc(C(C)C)c(OC)cc1C)S(C)(=O)=O. The van der Waals surface area contributed by atoms with Crippen LogP contribution >= 0.6 is 0 Å². The molecule has 0 aliphatic rings. The lowest BCUT2D eigenvalue weighted by molar-refractivity contribution is -0.121. The average Bonchev–Trinajstić information content (AvgIpc) is 2.76. The molecular formula is C26H38N2O5S. The Kier molecular flexibility index (Phi) is 9.79. The zero-order valence-corrected chi connectivity index (χ0v) is 22.2. The van der Waals surface area contributed by atoms with Gasteiger partial charge in [0.2, 0.25) is 15.9 Å². The zero-order valence-electron chi connectivity index (χ0n) is 21.3. The summed E-state index contributed by atoms with van der Waals surface area (Å²) in [6, 6.07) is 11.0. The van der Waals surface area contributed by atoms with E-state index < -0.39 is 10.0 Å². The lowest BCUT2D eigenvalue weighted by Crippen LogP contribution is -2.33. The van der Waals surface area contributed by atoms with E-state index in [4.69, 9.17) is 9.47 Å². The first-order chi connectivity index (χ1) is 16.0. The van der Waals surface area contributed by atoms with E-state index in [1.165, 1.54) is 4.31 Å². The maximum absolute atomic E-state index is 12.7. The number of hydrogen-bond acceptors (Lipinski definition) is 5. The number of aryl methyl sites for hydroxylation is 1. The Bertz CT molecular complexity index is 1080. The van der Waals surface area contributed by atoms with E-state index in [1.54, 1.807) is 31.4 Å². The number of para-hydroxylation sites is 2. The van der Waals surface area contributed by atoms with Crippen LogP contribution in [0.5, 0.6) is 11.5 Å². The second-order valence-electron chi connectivity index (χ2n) is 8.73. The highest BCUT2D eigenvalue weighted by molar-refractivity contribution is 7.92. The van der Waals surface area contributed by atoms with Crippen molar-refractivity contribution in [3.63, 3.8) is 0 Å². The highest BCUT2D eigenvalue weighted by Crippen LogP contribution is 2.32. The van der Waals surface area contributed by atoms with Crippen LogP contribution in [0.2, 0.25) is 0 Å². The number of carbonyl (C=O) groups is 1. The molecule has 0 fully saturated rings. The Morgan fingerprint density at radius 1 is 1.09 bits per heavy atom. The number of benzene rings is 2. The maximum atomic E-state index is 12.7. The van der Waals surface area contributed by atoms with E-state index in [2.05, 4.69) is 25.2 Å². The van der Waals surface area contributed by atoms with Gasteiger partial charge in [-0.05, 0) is 74.1 Å². The molecule has 0 saturated carbocycles. The van der Waals surface area contributed by atoms with Crippen LogP contribution in [0.4, 0.5) is 5.69 Å². The first-order valence-electron chi connectivity index (χ1n) is 11.7. The fourth-order valence-electron chi connectivity index (χ4n) is 3.99. The Labute approximate surface area is 204 Å². The Morgan fingerprint density at radius 3 is 2.35 bits per heavy atom. The van der Waals surface area contributed by atoms with Crippen LogP contribution in [0, 0.1) is 6.92 Å². The van der Waals surface area contributed by atoms with E-state index in [9.17, 15) is 13.2 Å². The number of carbonyl (C=O) groups excluding carboxylic acids is 1. The Hall–Kier alpha value is -2.74. The fourth-order valence-corrected chi connectivity index (χ4v) is 4.96. The summed E-state index contributed by atoms with van der Waals surface area (Å²) in [6.45, 7) is 10.6. The summed E-state index contributed by atoms with van der Waals surface area (Å²) in [5, 5.41) is 3.05. The molecule has 1 N–H and O–H groups in total. The summed E-state index contributed by atoms with van der Waals surface area (Å²) in [4.78, 5) is 12.7. The van der Waals surface area contributed by atoms with E-state index in [-0.39, 0.29) is 24.9 Å². The first-order valence-corrected chi connectivity index (χ1v) is 13.5. The molecule has 2 rings (SSSR count). The van der Waals surface area contributed by atoms with Gasteiger partial charge in [-0.1, -0.05) is 26.0 Å². The van der Waals surface area contributed by atoms with Gasteiger partial charge in [0.05, 0.1) is 31.7 Å². The standard InChI is InChI=1S/C26H38N2O5S/c1-8-33-24-13-10-9-12-23(24)28(34(7,30)31)15-11-14-26(29)27-20(5)22-17-21(18(2)3)25(32-6)16-19(22)4/h9-10,12-13,16-18,20H,8,11,14-15H2,1-7H3,(H,27,29)/t20-/m1/s1. The molecule has 2 aromatic carbocycles. The summed E-state index contributed by atoms with van der Waals surface area (Å²) in [7, 11) is -1.87. The summed E-state index contributed by atoms with van der Waals surface area (Å²) < 4.78 is 37.3. The van der Waals surface area contributed by atoms with Crippen molar-refractivity contribution in [3.05, 3.63) is 53.1 Å². The van der Waals surface area contributed by atoms with E-state index >= 15 is 0 Å². The highest BCUT2D eigenvalue weighted by atomic mass is 32.2. The quantitative estimate of drug-likeness (QED) is 0.455. The second kappa shape index (κ2) is 12.1. The molecule has 0 unspecified atom stereocenters. The lowest BCUT2D eigenvalue weighted by Gasteiger charge is -2.25. The van der Waals surface area contributed by atoms with Gasteiger partial charge in [0, 0.05) is 13.0 Å². The summed E-state index contributed by atoms with van der Waals surface area (Å²) in [5.41, 5.74) is 3.67. The zero-order chi connectivity index (χ0) is 25.5. The molecule has 2 aromatic rings. The van der Waals surface area contributed by atoms with Gasteiger partial charge < -0.3 is 14.8 Å². The van der Waals surface area contributed by atoms with Gasteiger partial charge in [0.15, 0.2) is 0 Å². The van der Waals surface area contributed by atoms with Crippen molar-refractivity contribution in [3.8, 4) is 11.5 Å². The minimum absolute atomic E-state index is 0.125. The molecule has 0 aliphatic carbocycles. The fraction of sp³-hybridized carbons (Fsp3) is 0.500. The largest absolute Gasteiger partial charge is 0.496 e. The van der Waals surface area contributed by atoms with Crippen LogP contribution in [0.3, 0.4) is 0 Å². The minimum Gasteiger partial charge on any atom is -0.496 e. The van der Waals surface area contributed by atoms with Gasteiger partial charge in [0.25, 0.3) is 0 Å². The normalized spacial score (nSPS) is 12.4. The van der Waals surface area contributed by atoms with Crippen molar-refractivity contribution in [1.29, 1.82) is 0 Å². The van der Waals surface area contributed by atoms with Gasteiger partial charge in [-0.15, -0.1) is 0 Å². The minimum atomic E-state index is -3.54. The highest BCUT2D eigenvalue weighted by Gasteiger charge is 2.22. The van der Waals surface area contributed by atoms with Gasteiger partial charge in [-0.25, -0.2) is 8.42 Å². The topological polar surface area (TPSA) is 84.9 Å². The molecule has 0 aliphatic heterocycles. The molecule has 0 bridgehead atoms. The molecule has 0 heterocycles. The number of hydrogen-bond donors (Lipinski definition) is 1. The van der Waals surface area contributed by atoms with Crippen molar-refractivity contribution >= 4 is 21.6 Å². The first kappa shape index (κ1) is 27.5. The molecule has 0 aromatic heterocycles. The molecule has 0 spiro atoms. The van der Waals surface area contributed by atoms with Crippen molar-refractivity contribution in [2.75, 3.05) is 30.8 Å². The Morgan fingerprint density at radius 2 is 1.76 bits per heavy atom. The third-order valence-corrected chi connectivity index (χ3v) is 6.86. The second-order valence-corrected chi connectivity index (χ2v) is 10.6. The van der Waals surface area contributed by atoms with Gasteiger partial charge >= 0.3 is 0 Å². The molecule has 0 saturated heterocycles. The molecule has 7 nitrogen and oxygen atoms in total. The number of amides is 1. The number of anilines is 1. The number of methoxy groups -OCH3 is 1. The lowest BCUT2D eigenvalue weighted by atomic mass is 9.93. The maximum Gasteiger partial charge on any atom is 0.232 e. The third-order valence-electron chi connectivity index (χ3n) is 5.68. The summed E-state index contributed by atoms with van der Waals surface area (Å²) in [5.74, 6) is 1.52. The van der Waals surface area contributed by atoms with Crippen LogP contribution in [-0.4, -0.2) is 40.8 Å². The van der Waals surface area contributed by atoms with E-state index in [1.807, 2.05) is 26.8 Å². The van der Waals surface area contributed by atoms with Crippen LogP contribution in [0.1, 0.15) is 69.2 Å². The van der Waals surface area contributed by atoms with Crippen molar-refractivity contribution < 1.29 is 22.7 Å². The molecule has 8 heteroatoms. The number of ether oxygens (including phenoxy) is 2. The van der Waals surface area contributed by atoms with Gasteiger partial charge in [-0.3, -0.25) is 9.10 Å². The van der Waals surface area contributed by atoms with E-state index in [0.717, 1.165) is 28.7 Å². The van der Waals surface area contributed by atoms with Crippen molar-refractivity contribution in [2.45, 2.75) is 59.4 Å². The molecule has 34 heavy (non-hydrogen) atoms. The van der Waals surface area contributed by atoms with E-state index in [0.29, 0.717) is 30.4 Å². The molecule has 1 atom stereocenters. The predicted molar refractivity (Wildman–Crippen MR) is 137 cm³/mol. The van der Waals surface area contributed by atoms with Crippen LogP contribution in [-0.2, 0) is 14.8 Å². The summed E-state index contributed by atoms with van der Waals surface area (Å²) in [6.07, 6.45) is 1.75. The average molecular weight is 491 g/mol. The predicted octanol–water partition coefficient (Wildman–Crippen LogP) is 4.95. The van der Waals surface area contributed by atoms with Gasteiger partial charge in [0.1, 0.15) is 11.5 Å². The van der Waals surface area contributed by atoms with Crippen LogP contribution in [0.25, 0.3) is 0 Å². The molecular weight excluding hydrogens is 452 g/mol. The number of nitrogens with one attached hydrogen (secondary N) is 1. The summed E-state index contributed by atoms with van der Waals surface area (Å²) >= 11 is 0.